The Kier molecular flexibility index (Phi) is 6.68. The summed E-state index contributed by atoms with van der Waals surface area (Å²) in [4.78, 5) is 0. The highest BCUT2D eigenvalue weighted by Crippen LogP contribution is 2.34. The van der Waals surface area contributed by atoms with E-state index < -0.39 is 0 Å². The van der Waals surface area contributed by atoms with E-state index in [1.807, 2.05) is 7.11 Å². The summed E-state index contributed by atoms with van der Waals surface area (Å²) in [5.41, 5.74) is 2.72. The number of ether oxygens (including phenoxy) is 2. The predicted molar refractivity (Wildman–Crippen MR) is 109 cm³/mol. The Balaban J connectivity index is 1.84. The first kappa shape index (κ1) is 18.3. The Morgan fingerprint density at radius 1 is 0.833 bits per heavy atom. The van der Waals surface area contributed by atoms with Gasteiger partial charge in [0.2, 0.25) is 0 Å². The summed E-state index contributed by atoms with van der Waals surface area (Å²) in [5, 5.41) is 0. The van der Waals surface area contributed by atoms with Gasteiger partial charge in [0.25, 0.3) is 0 Å². The first-order chi connectivity index (χ1) is 11.7. The van der Waals surface area contributed by atoms with Crippen molar-refractivity contribution in [1.82, 2.24) is 0 Å². The van der Waals surface area contributed by atoms with Crippen LogP contribution in [0.15, 0.2) is 12.1 Å². The van der Waals surface area contributed by atoms with Crippen molar-refractivity contribution in [3.8, 4) is 11.5 Å². The Morgan fingerprint density at radius 2 is 1.29 bits per heavy atom. The molecule has 0 atom stereocenters. The van der Waals surface area contributed by atoms with E-state index in [9.17, 15) is 0 Å². The van der Waals surface area contributed by atoms with Gasteiger partial charge in [-0.25, -0.2) is 0 Å². The van der Waals surface area contributed by atoms with Crippen molar-refractivity contribution >= 4 is 21.8 Å². The van der Waals surface area contributed by atoms with E-state index in [0.29, 0.717) is 21.8 Å². The van der Waals surface area contributed by atoms with Crippen molar-refractivity contribution < 1.29 is 9.47 Å². The predicted octanol–water partition coefficient (Wildman–Crippen LogP) is 4.31. The molecule has 0 amide bonds. The monoisotopic (exact) mass is 368 g/mol. The van der Waals surface area contributed by atoms with Crippen LogP contribution in [-0.4, -0.2) is 36.2 Å². The lowest BCUT2D eigenvalue weighted by Crippen LogP contribution is -2.14. The number of methoxy groups -OCH3 is 1. The van der Waals surface area contributed by atoms with Gasteiger partial charge in [0.15, 0.2) is 0 Å². The van der Waals surface area contributed by atoms with E-state index >= 15 is 0 Å². The summed E-state index contributed by atoms with van der Waals surface area (Å²) in [6.45, 7) is 4.26. The minimum Gasteiger partial charge on any atom is -0.496 e. The van der Waals surface area contributed by atoms with Gasteiger partial charge in [0, 0.05) is 11.1 Å². The fourth-order valence-corrected chi connectivity index (χ4v) is 8.35. The third-order valence-corrected chi connectivity index (χ3v) is 9.68. The van der Waals surface area contributed by atoms with Crippen molar-refractivity contribution in [1.29, 1.82) is 0 Å². The zero-order chi connectivity index (χ0) is 16.9. The molecule has 0 unspecified atom stereocenters. The molecule has 4 heteroatoms. The minimum atomic E-state index is 0.228. The maximum atomic E-state index is 6.21. The second-order valence-electron chi connectivity index (χ2n) is 7.18. The standard InChI is InChI=1S/C20H32O2S2/c1-16(2)22-20-13-17(14-23-8-4-5-9-23)19(21-3)12-18(20)15-24-10-6-7-11-24/h12-13,16H,4-11,14-15H2,1-3H3/q+2. The topological polar surface area (TPSA) is 18.5 Å². The van der Waals surface area contributed by atoms with Gasteiger partial charge in [-0.05, 0) is 73.5 Å². The summed E-state index contributed by atoms with van der Waals surface area (Å²) in [7, 11) is 2.91. The molecular formula is C20H32O2S2+2. The maximum absolute atomic E-state index is 6.21. The van der Waals surface area contributed by atoms with Gasteiger partial charge < -0.3 is 9.47 Å². The second-order valence-corrected chi connectivity index (χ2v) is 11.8. The molecule has 2 nitrogen and oxygen atoms in total. The Labute approximate surface area is 153 Å². The van der Waals surface area contributed by atoms with Crippen LogP contribution >= 0.6 is 0 Å². The third kappa shape index (κ3) is 4.78. The molecule has 2 fully saturated rings. The number of rotatable bonds is 7. The van der Waals surface area contributed by atoms with E-state index in [0.717, 1.165) is 11.5 Å². The number of hydrogen-bond acceptors (Lipinski definition) is 2. The van der Waals surface area contributed by atoms with Crippen LogP contribution in [0.5, 0.6) is 11.5 Å². The normalized spacial score (nSPS) is 19.3. The maximum Gasteiger partial charge on any atom is 0.136 e. The lowest BCUT2D eigenvalue weighted by atomic mass is 10.1. The first-order valence-corrected chi connectivity index (χ1v) is 12.8. The van der Waals surface area contributed by atoms with Crippen LogP contribution in [0.3, 0.4) is 0 Å². The minimum absolute atomic E-state index is 0.228. The Morgan fingerprint density at radius 3 is 1.75 bits per heavy atom. The molecule has 0 N–H and O–H groups in total. The molecule has 0 aliphatic carbocycles. The largest absolute Gasteiger partial charge is 0.496 e. The average Bonchev–Trinajstić information content (AvgIpc) is 3.22. The van der Waals surface area contributed by atoms with E-state index in [1.54, 1.807) is 0 Å². The smallest absolute Gasteiger partial charge is 0.136 e. The molecule has 134 valence electrons. The molecule has 2 heterocycles. The summed E-state index contributed by atoms with van der Waals surface area (Å²) >= 11 is 0. The highest BCUT2D eigenvalue weighted by atomic mass is 32.2. The molecule has 0 aromatic heterocycles. The zero-order valence-corrected chi connectivity index (χ0v) is 17.1. The fourth-order valence-electron chi connectivity index (χ4n) is 3.58. The van der Waals surface area contributed by atoms with Gasteiger partial charge >= 0.3 is 0 Å². The third-order valence-electron chi connectivity index (χ3n) is 4.78. The summed E-state index contributed by atoms with van der Waals surface area (Å²) in [6.07, 6.45) is 5.85. The van der Waals surface area contributed by atoms with Crippen molar-refractivity contribution in [3.63, 3.8) is 0 Å². The molecule has 0 saturated carbocycles. The molecule has 24 heavy (non-hydrogen) atoms. The summed E-state index contributed by atoms with van der Waals surface area (Å²) in [6, 6.07) is 4.59. The molecule has 0 bridgehead atoms. The van der Waals surface area contributed by atoms with Gasteiger partial charge in [-0.3, -0.25) is 0 Å². The van der Waals surface area contributed by atoms with E-state index in [1.165, 1.54) is 71.3 Å². The van der Waals surface area contributed by atoms with Gasteiger partial charge in [-0.15, -0.1) is 0 Å². The van der Waals surface area contributed by atoms with Crippen LogP contribution in [0.25, 0.3) is 0 Å². The van der Waals surface area contributed by atoms with Crippen molar-refractivity contribution in [2.45, 2.75) is 57.1 Å². The molecule has 0 spiro atoms. The molecule has 1 aromatic rings. The van der Waals surface area contributed by atoms with Crippen LogP contribution in [0, 0.1) is 0 Å². The quantitative estimate of drug-likeness (QED) is 0.668. The van der Waals surface area contributed by atoms with Gasteiger partial charge in [-0.1, -0.05) is 0 Å². The van der Waals surface area contributed by atoms with Crippen LogP contribution in [0.4, 0.5) is 0 Å². The van der Waals surface area contributed by atoms with Crippen LogP contribution < -0.4 is 9.47 Å². The van der Waals surface area contributed by atoms with Crippen molar-refractivity contribution in [2.75, 3.05) is 30.1 Å². The van der Waals surface area contributed by atoms with Gasteiger partial charge in [0.05, 0.1) is 13.2 Å². The Bertz CT molecular complexity index is 533. The second kappa shape index (κ2) is 8.75. The number of hydrogen-bond donors (Lipinski definition) is 0. The SMILES string of the molecule is COc1cc(C[S+]2CCCC2)c(OC(C)C)cc1C[S+]1CCCC1. The van der Waals surface area contributed by atoms with Gasteiger partial charge in [-0.2, -0.15) is 0 Å². The first-order valence-electron chi connectivity index (χ1n) is 9.30. The van der Waals surface area contributed by atoms with Crippen molar-refractivity contribution in [2.24, 2.45) is 0 Å². The van der Waals surface area contributed by atoms with Gasteiger partial charge in [0.1, 0.15) is 46.0 Å². The molecule has 3 rings (SSSR count). The van der Waals surface area contributed by atoms with E-state index in [-0.39, 0.29) is 6.10 Å². The highest BCUT2D eigenvalue weighted by molar-refractivity contribution is 7.96. The summed E-state index contributed by atoms with van der Waals surface area (Å²) in [5.74, 6) is 10.1. The van der Waals surface area contributed by atoms with E-state index in [2.05, 4.69) is 26.0 Å². The molecule has 2 aliphatic rings. The van der Waals surface area contributed by atoms with Crippen LogP contribution in [0.1, 0.15) is 50.7 Å². The zero-order valence-electron chi connectivity index (χ0n) is 15.4. The molecule has 2 aliphatic heterocycles. The van der Waals surface area contributed by atoms with Crippen molar-refractivity contribution in [3.05, 3.63) is 23.3 Å². The van der Waals surface area contributed by atoms with Crippen LogP contribution in [-0.2, 0) is 33.3 Å². The summed E-state index contributed by atoms with van der Waals surface area (Å²) < 4.78 is 12.0. The highest BCUT2D eigenvalue weighted by Gasteiger charge is 2.29. The number of benzene rings is 1. The fraction of sp³-hybridized carbons (Fsp3) is 0.700. The average molecular weight is 369 g/mol. The van der Waals surface area contributed by atoms with Crippen LogP contribution in [0.2, 0.25) is 0 Å². The molecular weight excluding hydrogens is 336 g/mol. The lowest BCUT2D eigenvalue weighted by molar-refractivity contribution is 0.240. The lowest BCUT2D eigenvalue weighted by Gasteiger charge is -2.17. The molecule has 2 saturated heterocycles. The Hall–Kier alpha value is -0.480. The van der Waals surface area contributed by atoms with E-state index in [4.69, 9.17) is 9.47 Å². The molecule has 0 radical (unpaired) electrons. The molecule has 1 aromatic carbocycles.